The second-order valence-corrected chi connectivity index (χ2v) is 5.06. The molecule has 1 aromatic carbocycles. The number of hydrogen-bond acceptors (Lipinski definition) is 4. The van der Waals surface area contributed by atoms with Crippen LogP contribution >= 0.6 is 23.4 Å². The van der Waals surface area contributed by atoms with Crippen molar-refractivity contribution in [1.82, 2.24) is 0 Å². The summed E-state index contributed by atoms with van der Waals surface area (Å²) in [5, 5.41) is 0.104. The molecule has 1 aromatic rings. The van der Waals surface area contributed by atoms with Crippen molar-refractivity contribution in [3.63, 3.8) is 0 Å². The number of ether oxygens (including phenoxy) is 1. The molecule has 0 amide bonds. The van der Waals surface area contributed by atoms with Crippen molar-refractivity contribution < 1.29 is 13.9 Å². The minimum absolute atomic E-state index is 0.104. The number of carbonyl (C=O) groups excluding carboxylic acids is 1. The molecule has 3 nitrogen and oxygen atoms in total. The van der Waals surface area contributed by atoms with Crippen molar-refractivity contribution in [2.75, 3.05) is 12.4 Å². The first-order valence-electron chi connectivity index (χ1n) is 5.48. The molecule has 0 saturated carbocycles. The normalized spacial score (nSPS) is 12.2. The predicted octanol–water partition coefficient (Wildman–Crippen LogP) is 2.60. The number of hydrogen-bond donors (Lipinski definition) is 1. The van der Waals surface area contributed by atoms with Gasteiger partial charge in [0.25, 0.3) is 0 Å². The van der Waals surface area contributed by atoms with Gasteiger partial charge >= 0.3 is 5.97 Å². The molecule has 0 fully saturated rings. The molecule has 2 N–H and O–H groups in total. The van der Waals surface area contributed by atoms with Crippen molar-refractivity contribution in [3.05, 3.63) is 34.6 Å². The fourth-order valence-electron chi connectivity index (χ4n) is 1.25. The average Bonchev–Trinajstić information content (AvgIpc) is 2.34. The minimum Gasteiger partial charge on any atom is -0.465 e. The van der Waals surface area contributed by atoms with E-state index in [1.54, 1.807) is 13.0 Å². The SMILES string of the molecule is CCOC(=O)C(N)CSCc1ccc(Cl)c(F)c1. The number of esters is 1. The van der Waals surface area contributed by atoms with Crippen LogP contribution in [0.4, 0.5) is 4.39 Å². The summed E-state index contributed by atoms with van der Waals surface area (Å²) in [6.45, 7) is 2.05. The lowest BCUT2D eigenvalue weighted by Crippen LogP contribution is -2.34. The standard InChI is InChI=1S/C12H15ClFNO2S/c1-2-17-12(16)11(15)7-18-6-8-3-4-9(13)10(14)5-8/h3-5,11H,2,6-7,15H2,1H3. The van der Waals surface area contributed by atoms with E-state index >= 15 is 0 Å². The highest BCUT2D eigenvalue weighted by Gasteiger charge is 2.14. The monoisotopic (exact) mass is 291 g/mol. The van der Waals surface area contributed by atoms with Crippen LogP contribution in [0.25, 0.3) is 0 Å². The topological polar surface area (TPSA) is 52.3 Å². The third kappa shape index (κ3) is 4.84. The van der Waals surface area contributed by atoms with Gasteiger partial charge in [0.1, 0.15) is 11.9 Å². The maximum absolute atomic E-state index is 13.2. The molecule has 6 heteroatoms. The smallest absolute Gasteiger partial charge is 0.323 e. The molecule has 1 atom stereocenters. The zero-order valence-corrected chi connectivity index (χ0v) is 11.6. The summed E-state index contributed by atoms with van der Waals surface area (Å²) in [5.41, 5.74) is 6.43. The number of halogens is 2. The summed E-state index contributed by atoms with van der Waals surface area (Å²) < 4.78 is 17.9. The Kier molecular flexibility index (Phi) is 6.46. The van der Waals surface area contributed by atoms with Crippen LogP contribution in [-0.2, 0) is 15.3 Å². The second-order valence-electron chi connectivity index (χ2n) is 3.62. The highest BCUT2D eigenvalue weighted by Crippen LogP contribution is 2.19. The molecular weight excluding hydrogens is 277 g/mol. The molecule has 0 aliphatic carbocycles. The lowest BCUT2D eigenvalue weighted by atomic mass is 10.2. The van der Waals surface area contributed by atoms with Gasteiger partial charge in [0, 0.05) is 11.5 Å². The summed E-state index contributed by atoms with van der Waals surface area (Å²) in [6.07, 6.45) is 0. The van der Waals surface area contributed by atoms with Crippen molar-refractivity contribution in [2.45, 2.75) is 18.7 Å². The van der Waals surface area contributed by atoms with Gasteiger partial charge in [-0.15, -0.1) is 0 Å². The van der Waals surface area contributed by atoms with Crippen LogP contribution in [-0.4, -0.2) is 24.4 Å². The van der Waals surface area contributed by atoms with Crippen LogP contribution < -0.4 is 5.73 Å². The third-order valence-electron chi connectivity index (χ3n) is 2.14. The van der Waals surface area contributed by atoms with Crippen LogP contribution in [0.5, 0.6) is 0 Å². The number of rotatable bonds is 6. The quantitative estimate of drug-likeness (QED) is 0.819. The Morgan fingerprint density at radius 2 is 2.33 bits per heavy atom. The highest BCUT2D eigenvalue weighted by molar-refractivity contribution is 7.98. The second kappa shape index (κ2) is 7.61. The molecule has 0 spiro atoms. The summed E-state index contributed by atoms with van der Waals surface area (Å²) >= 11 is 7.03. The van der Waals surface area contributed by atoms with Crippen LogP contribution in [0.2, 0.25) is 5.02 Å². The summed E-state index contributed by atoms with van der Waals surface area (Å²) in [6, 6.07) is 3.99. The van der Waals surface area contributed by atoms with Gasteiger partial charge in [-0.3, -0.25) is 4.79 Å². The van der Waals surface area contributed by atoms with E-state index in [0.717, 1.165) is 5.56 Å². The Morgan fingerprint density at radius 3 is 2.94 bits per heavy atom. The van der Waals surface area contributed by atoms with Crippen molar-refractivity contribution in [2.24, 2.45) is 5.73 Å². The van der Waals surface area contributed by atoms with E-state index in [2.05, 4.69) is 0 Å². The summed E-state index contributed by atoms with van der Waals surface area (Å²) in [4.78, 5) is 11.2. The van der Waals surface area contributed by atoms with Crippen molar-refractivity contribution in [3.8, 4) is 0 Å². The fraction of sp³-hybridized carbons (Fsp3) is 0.417. The molecule has 0 bridgehead atoms. The van der Waals surface area contributed by atoms with Crippen LogP contribution in [0.3, 0.4) is 0 Å². The highest BCUT2D eigenvalue weighted by atomic mass is 35.5. The lowest BCUT2D eigenvalue weighted by Gasteiger charge is -2.10. The fourth-order valence-corrected chi connectivity index (χ4v) is 2.29. The van der Waals surface area contributed by atoms with Gasteiger partial charge in [0.2, 0.25) is 0 Å². The molecule has 0 aromatic heterocycles. The molecular formula is C12H15ClFNO2S. The minimum atomic E-state index is -0.646. The van der Waals surface area contributed by atoms with Gasteiger partial charge in [-0.25, -0.2) is 4.39 Å². The Hall–Kier alpha value is -0.780. The molecule has 1 rings (SSSR count). The molecule has 1 unspecified atom stereocenters. The van der Waals surface area contributed by atoms with Gasteiger partial charge in [-0.2, -0.15) is 11.8 Å². The summed E-state index contributed by atoms with van der Waals surface area (Å²) in [7, 11) is 0. The number of thioether (sulfide) groups is 1. The van der Waals surface area contributed by atoms with Crippen LogP contribution in [0.15, 0.2) is 18.2 Å². The van der Waals surface area contributed by atoms with Gasteiger partial charge in [0.05, 0.1) is 11.6 Å². The molecule has 100 valence electrons. The van der Waals surface area contributed by atoms with Gasteiger partial charge in [-0.1, -0.05) is 17.7 Å². The lowest BCUT2D eigenvalue weighted by molar-refractivity contribution is -0.144. The Bertz CT molecular complexity index is 417. The average molecular weight is 292 g/mol. The first kappa shape index (κ1) is 15.3. The molecule has 0 heterocycles. The zero-order valence-electron chi connectivity index (χ0n) is 9.99. The molecule has 0 aliphatic rings. The molecule has 0 radical (unpaired) electrons. The van der Waals surface area contributed by atoms with E-state index in [4.69, 9.17) is 22.1 Å². The van der Waals surface area contributed by atoms with Crippen molar-refractivity contribution in [1.29, 1.82) is 0 Å². The third-order valence-corrected chi connectivity index (χ3v) is 3.58. The number of carbonyl (C=O) groups is 1. The first-order chi connectivity index (χ1) is 8.54. The number of nitrogens with two attached hydrogens (primary N) is 1. The molecule has 0 saturated heterocycles. The van der Waals surface area contributed by atoms with Crippen LogP contribution in [0, 0.1) is 5.82 Å². The van der Waals surface area contributed by atoms with E-state index in [1.807, 2.05) is 0 Å². The van der Waals surface area contributed by atoms with Gasteiger partial charge in [0.15, 0.2) is 0 Å². The first-order valence-corrected chi connectivity index (χ1v) is 7.01. The molecule has 0 aliphatic heterocycles. The van der Waals surface area contributed by atoms with E-state index in [1.165, 1.54) is 23.9 Å². The van der Waals surface area contributed by atoms with Gasteiger partial charge < -0.3 is 10.5 Å². The Morgan fingerprint density at radius 1 is 1.61 bits per heavy atom. The van der Waals surface area contributed by atoms with Crippen molar-refractivity contribution >= 4 is 29.3 Å². The van der Waals surface area contributed by atoms with E-state index in [9.17, 15) is 9.18 Å². The van der Waals surface area contributed by atoms with E-state index in [-0.39, 0.29) is 5.02 Å². The summed E-state index contributed by atoms with van der Waals surface area (Å²) in [5.74, 6) is 0.154. The molecule has 18 heavy (non-hydrogen) atoms. The van der Waals surface area contributed by atoms with E-state index in [0.29, 0.717) is 18.1 Å². The maximum atomic E-state index is 13.2. The van der Waals surface area contributed by atoms with Crippen LogP contribution in [0.1, 0.15) is 12.5 Å². The predicted molar refractivity (Wildman–Crippen MR) is 72.2 cm³/mol. The number of benzene rings is 1. The van der Waals surface area contributed by atoms with E-state index < -0.39 is 17.8 Å². The maximum Gasteiger partial charge on any atom is 0.323 e. The Balaban J connectivity index is 2.37. The zero-order chi connectivity index (χ0) is 13.5. The van der Waals surface area contributed by atoms with Gasteiger partial charge in [-0.05, 0) is 24.6 Å². The largest absolute Gasteiger partial charge is 0.465 e. The Labute approximate surface area is 115 Å².